The van der Waals surface area contributed by atoms with E-state index in [1.165, 1.54) is 6.07 Å². The monoisotopic (exact) mass is 349 g/mol. The fraction of sp³-hybridized carbons (Fsp3) is 0.278. The second-order valence-electron chi connectivity index (χ2n) is 5.71. The number of primary amides is 1. The lowest BCUT2D eigenvalue weighted by Gasteiger charge is -2.19. The summed E-state index contributed by atoms with van der Waals surface area (Å²) in [6.07, 6.45) is 1.27. The number of ether oxygens (including phenoxy) is 1. The Morgan fingerprint density at radius 1 is 1.38 bits per heavy atom. The molecule has 0 heterocycles. The molecule has 1 amide bonds. The van der Waals surface area contributed by atoms with Gasteiger partial charge in [-0.3, -0.25) is 4.79 Å². The minimum atomic E-state index is -0.611. The van der Waals surface area contributed by atoms with Gasteiger partial charge in [-0.25, -0.2) is 4.39 Å². The summed E-state index contributed by atoms with van der Waals surface area (Å²) in [5.41, 5.74) is 7.87. The summed E-state index contributed by atoms with van der Waals surface area (Å²) < 4.78 is 19.7. The summed E-state index contributed by atoms with van der Waals surface area (Å²) in [5.74, 6) is -0.720. The Morgan fingerprint density at radius 2 is 2.17 bits per heavy atom. The summed E-state index contributed by atoms with van der Waals surface area (Å²) in [5, 5.41) is 9.37. The number of hydrogen-bond acceptors (Lipinski definition) is 3. The number of rotatable bonds is 5. The Bertz CT molecular complexity index is 794. The number of benzene rings is 2. The minimum Gasteiger partial charge on any atom is -0.490 e. The van der Waals surface area contributed by atoms with Crippen molar-refractivity contribution in [3.63, 3.8) is 0 Å². The van der Waals surface area contributed by atoms with Crippen molar-refractivity contribution in [1.82, 2.24) is 0 Å². The Hall–Kier alpha value is -2.11. The largest absolute Gasteiger partial charge is 0.490 e. The molecule has 24 heavy (non-hydrogen) atoms. The lowest BCUT2D eigenvalue weighted by Crippen LogP contribution is -2.16. The molecule has 126 valence electrons. The molecule has 0 bridgehead atoms. The molecule has 6 heteroatoms. The summed E-state index contributed by atoms with van der Waals surface area (Å²) >= 11 is 6.01. The molecule has 0 saturated carbocycles. The first-order chi connectivity index (χ1) is 11.5. The van der Waals surface area contributed by atoms with E-state index in [0.717, 1.165) is 11.1 Å². The van der Waals surface area contributed by atoms with Crippen LogP contribution in [0.3, 0.4) is 0 Å². The molecule has 0 fully saturated rings. The topological polar surface area (TPSA) is 72.6 Å². The van der Waals surface area contributed by atoms with E-state index in [0.29, 0.717) is 29.2 Å². The van der Waals surface area contributed by atoms with Crippen LogP contribution in [0.1, 0.15) is 39.4 Å². The number of aliphatic hydroxyl groups excluding tert-OH is 1. The van der Waals surface area contributed by atoms with Crippen LogP contribution >= 0.6 is 11.6 Å². The van der Waals surface area contributed by atoms with Gasteiger partial charge in [-0.05, 0) is 42.2 Å². The van der Waals surface area contributed by atoms with Crippen molar-refractivity contribution >= 4 is 17.5 Å². The van der Waals surface area contributed by atoms with Gasteiger partial charge < -0.3 is 15.6 Å². The maximum atomic E-state index is 14.1. The zero-order chi connectivity index (χ0) is 17.3. The fourth-order valence-electron chi connectivity index (χ4n) is 3.30. The molecule has 1 atom stereocenters. The van der Waals surface area contributed by atoms with Crippen molar-refractivity contribution < 1.29 is 19.0 Å². The summed E-state index contributed by atoms with van der Waals surface area (Å²) in [7, 11) is 0. The van der Waals surface area contributed by atoms with Crippen LogP contribution in [0.2, 0.25) is 5.02 Å². The Kier molecular flexibility index (Phi) is 4.73. The number of nitrogens with two attached hydrogens (primary N) is 1. The number of hydrogen-bond donors (Lipinski definition) is 2. The molecule has 2 aromatic rings. The van der Waals surface area contributed by atoms with Gasteiger partial charge in [0.25, 0.3) is 5.91 Å². The Morgan fingerprint density at radius 3 is 2.88 bits per heavy atom. The molecule has 0 spiro atoms. The van der Waals surface area contributed by atoms with Gasteiger partial charge >= 0.3 is 0 Å². The van der Waals surface area contributed by atoms with Gasteiger partial charge in [-0.15, -0.1) is 0 Å². The summed E-state index contributed by atoms with van der Waals surface area (Å²) in [6, 6.07) is 8.20. The molecule has 0 radical (unpaired) electrons. The van der Waals surface area contributed by atoms with E-state index in [-0.39, 0.29) is 30.5 Å². The van der Waals surface area contributed by atoms with Crippen molar-refractivity contribution in [2.75, 3.05) is 13.2 Å². The van der Waals surface area contributed by atoms with Crippen LogP contribution in [0.5, 0.6) is 5.75 Å². The number of para-hydroxylation sites is 1. The van der Waals surface area contributed by atoms with E-state index in [1.807, 2.05) is 6.07 Å². The third kappa shape index (κ3) is 2.97. The highest BCUT2D eigenvalue weighted by Gasteiger charge is 2.30. The molecular formula is C18H17ClFNO3. The molecule has 4 nitrogen and oxygen atoms in total. The van der Waals surface area contributed by atoms with E-state index in [9.17, 15) is 9.18 Å². The van der Waals surface area contributed by atoms with E-state index < -0.39 is 5.91 Å². The first kappa shape index (κ1) is 16.7. The lowest BCUT2D eigenvalue weighted by atomic mass is 9.90. The van der Waals surface area contributed by atoms with Crippen LogP contribution in [-0.4, -0.2) is 24.2 Å². The third-order valence-corrected chi connectivity index (χ3v) is 4.50. The fourth-order valence-corrected chi connectivity index (χ4v) is 3.51. The van der Waals surface area contributed by atoms with E-state index >= 15 is 0 Å². The molecule has 3 N–H and O–H groups in total. The van der Waals surface area contributed by atoms with Gasteiger partial charge in [0, 0.05) is 16.5 Å². The first-order valence-electron chi connectivity index (χ1n) is 7.67. The van der Waals surface area contributed by atoms with Crippen LogP contribution in [0, 0.1) is 5.82 Å². The zero-order valence-corrected chi connectivity index (χ0v) is 13.6. The molecule has 0 saturated heterocycles. The predicted molar refractivity (Wildman–Crippen MR) is 89.1 cm³/mol. The van der Waals surface area contributed by atoms with E-state index in [4.69, 9.17) is 27.2 Å². The van der Waals surface area contributed by atoms with Crippen molar-refractivity contribution in [1.29, 1.82) is 0 Å². The summed E-state index contributed by atoms with van der Waals surface area (Å²) in [4.78, 5) is 11.7. The van der Waals surface area contributed by atoms with Gasteiger partial charge in [0.2, 0.25) is 0 Å². The Balaban J connectivity index is 2.12. The molecule has 0 unspecified atom stereocenters. The molecule has 2 aromatic carbocycles. The maximum Gasteiger partial charge on any atom is 0.252 e. The number of aliphatic hydroxyl groups is 1. The quantitative estimate of drug-likeness (QED) is 0.871. The van der Waals surface area contributed by atoms with Crippen LogP contribution in [0.25, 0.3) is 0 Å². The predicted octanol–water partition coefficient (Wildman–Crippen LogP) is 3.03. The average Bonchev–Trinajstić information content (AvgIpc) is 2.96. The molecule has 1 aliphatic carbocycles. The van der Waals surface area contributed by atoms with E-state index in [2.05, 4.69) is 0 Å². The van der Waals surface area contributed by atoms with Crippen molar-refractivity contribution in [2.45, 2.75) is 18.8 Å². The van der Waals surface area contributed by atoms with Gasteiger partial charge in [-0.2, -0.15) is 0 Å². The highest BCUT2D eigenvalue weighted by atomic mass is 35.5. The second kappa shape index (κ2) is 6.79. The molecule has 3 rings (SSSR count). The standard InChI is InChI=1S/C18H17ClFNO3/c19-10-8-15-11(4-5-12(15)16(20)9-10)13-2-1-3-14(18(21)23)17(13)24-7-6-22/h1-3,8-9,11,22H,4-7H2,(H2,21,23)/t11-/m0/s1. The SMILES string of the molecule is NC(=O)c1cccc([C@@H]2CCc3c(F)cc(Cl)cc32)c1OCCO. The summed E-state index contributed by atoms with van der Waals surface area (Å²) in [6.45, 7) is -0.144. The van der Waals surface area contributed by atoms with Crippen LogP contribution < -0.4 is 10.5 Å². The van der Waals surface area contributed by atoms with Crippen LogP contribution in [-0.2, 0) is 6.42 Å². The van der Waals surface area contributed by atoms with Gasteiger partial charge in [-0.1, -0.05) is 23.7 Å². The number of fused-ring (bicyclic) bond motifs is 1. The van der Waals surface area contributed by atoms with Crippen LogP contribution in [0.15, 0.2) is 30.3 Å². The maximum absolute atomic E-state index is 14.1. The molecule has 0 aliphatic heterocycles. The van der Waals surface area contributed by atoms with Gasteiger partial charge in [0.15, 0.2) is 0 Å². The minimum absolute atomic E-state index is 0.0424. The first-order valence-corrected chi connectivity index (χ1v) is 8.05. The van der Waals surface area contributed by atoms with E-state index in [1.54, 1.807) is 18.2 Å². The molecular weight excluding hydrogens is 333 g/mol. The molecule has 1 aliphatic rings. The van der Waals surface area contributed by atoms with Gasteiger partial charge in [0.05, 0.1) is 12.2 Å². The zero-order valence-electron chi connectivity index (χ0n) is 12.9. The van der Waals surface area contributed by atoms with Gasteiger partial charge in [0.1, 0.15) is 18.2 Å². The number of halogens is 2. The van der Waals surface area contributed by atoms with Crippen LogP contribution in [0.4, 0.5) is 4.39 Å². The van der Waals surface area contributed by atoms with Crippen molar-refractivity contribution in [3.8, 4) is 5.75 Å². The highest BCUT2D eigenvalue weighted by molar-refractivity contribution is 6.30. The Labute approximate surface area is 144 Å². The second-order valence-corrected chi connectivity index (χ2v) is 6.14. The molecule has 0 aromatic heterocycles. The van der Waals surface area contributed by atoms with Crippen molar-refractivity contribution in [2.24, 2.45) is 5.73 Å². The number of carbonyl (C=O) groups is 1. The normalized spacial score (nSPS) is 16.0. The van der Waals surface area contributed by atoms with Crippen molar-refractivity contribution in [3.05, 3.63) is 63.4 Å². The third-order valence-electron chi connectivity index (χ3n) is 4.28. The number of amides is 1. The smallest absolute Gasteiger partial charge is 0.252 e. The lowest BCUT2D eigenvalue weighted by molar-refractivity contribution is 0.0994. The average molecular weight is 350 g/mol. The number of carbonyl (C=O) groups excluding carboxylic acids is 1. The highest BCUT2D eigenvalue weighted by Crippen LogP contribution is 2.44.